The summed E-state index contributed by atoms with van der Waals surface area (Å²) in [7, 11) is 0. The maximum absolute atomic E-state index is 13.4. The van der Waals surface area contributed by atoms with Crippen molar-refractivity contribution < 1.29 is 19.4 Å². The van der Waals surface area contributed by atoms with Crippen LogP contribution in [-0.4, -0.2) is 50.0 Å². The van der Waals surface area contributed by atoms with E-state index in [1.807, 2.05) is 54.6 Å². The summed E-state index contributed by atoms with van der Waals surface area (Å²) in [4.78, 5) is 26.5. The summed E-state index contributed by atoms with van der Waals surface area (Å²) in [5, 5.41) is 21.5. The number of carbonyl (C=O) groups excluding carboxylic acids is 1. The number of hydrogen-bond acceptors (Lipinski definition) is 6. The van der Waals surface area contributed by atoms with Crippen LogP contribution in [0.3, 0.4) is 0 Å². The molecule has 0 bridgehead atoms. The molecule has 1 N–H and O–H groups in total. The fourth-order valence-electron chi connectivity index (χ4n) is 4.55. The van der Waals surface area contributed by atoms with Crippen LogP contribution in [-0.2, 0) is 9.53 Å². The Bertz CT molecular complexity index is 1330. The third-order valence-corrected chi connectivity index (χ3v) is 6.19. The molecule has 1 aliphatic carbocycles. The van der Waals surface area contributed by atoms with Crippen molar-refractivity contribution in [3.8, 4) is 16.8 Å². The average Bonchev–Trinajstić information content (AvgIpc) is 3.49. The number of anilines is 1. The molecule has 5 rings (SSSR count). The molecule has 3 aromatic carbocycles. The number of carbonyl (C=O) groups is 2. The highest BCUT2D eigenvalue weighted by atomic mass is 16.6. The lowest BCUT2D eigenvalue weighted by Gasteiger charge is -2.26. The van der Waals surface area contributed by atoms with Crippen LogP contribution >= 0.6 is 0 Å². The van der Waals surface area contributed by atoms with Crippen LogP contribution in [0.5, 0.6) is 0 Å². The summed E-state index contributed by atoms with van der Waals surface area (Å²) in [5.41, 5.74) is 4.92. The Morgan fingerprint density at radius 2 is 1.57 bits per heavy atom. The second-order valence-corrected chi connectivity index (χ2v) is 8.16. The molecule has 176 valence electrons. The van der Waals surface area contributed by atoms with Crippen molar-refractivity contribution in [2.24, 2.45) is 0 Å². The summed E-state index contributed by atoms with van der Waals surface area (Å²) in [6, 6.07) is 23.8. The van der Waals surface area contributed by atoms with E-state index >= 15 is 0 Å². The Balaban J connectivity index is 1.47. The zero-order valence-electron chi connectivity index (χ0n) is 19.0. The van der Waals surface area contributed by atoms with E-state index in [4.69, 9.17) is 4.74 Å². The van der Waals surface area contributed by atoms with Crippen LogP contribution in [0.2, 0.25) is 0 Å². The Kier molecular flexibility index (Phi) is 5.97. The first-order chi connectivity index (χ1) is 17.1. The molecule has 1 heterocycles. The zero-order chi connectivity index (χ0) is 24.4. The van der Waals surface area contributed by atoms with Gasteiger partial charge in [-0.15, -0.1) is 0 Å². The van der Waals surface area contributed by atoms with Gasteiger partial charge < -0.3 is 9.84 Å². The number of tetrazole rings is 1. The molecule has 0 spiro atoms. The van der Waals surface area contributed by atoms with E-state index < -0.39 is 18.1 Å². The van der Waals surface area contributed by atoms with Gasteiger partial charge in [0.05, 0.1) is 5.69 Å². The summed E-state index contributed by atoms with van der Waals surface area (Å²) >= 11 is 0. The van der Waals surface area contributed by atoms with Gasteiger partial charge in [0.25, 0.3) is 5.95 Å². The molecular weight excluding hydrogens is 446 g/mol. The first-order valence-electron chi connectivity index (χ1n) is 11.3. The maximum Gasteiger partial charge on any atom is 0.417 e. The fourth-order valence-corrected chi connectivity index (χ4v) is 4.55. The molecule has 1 aromatic heterocycles. The second kappa shape index (κ2) is 9.38. The second-order valence-electron chi connectivity index (χ2n) is 8.16. The molecule has 1 unspecified atom stereocenters. The minimum atomic E-state index is -1.21. The Labute approximate surface area is 201 Å². The Morgan fingerprint density at radius 3 is 2.17 bits per heavy atom. The quantitative estimate of drug-likeness (QED) is 0.430. The van der Waals surface area contributed by atoms with Crippen molar-refractivity contribution in [1.29, 1.82) is 0 Å². The van der Waals surface area contributed by atoms with Gasteiger partial charge in [-0.2, -0.15) is 4.68 Å². The van der Waals surface area contributed by atoms with Gasteiger partial charge in [0, 0.05) is 5.92 Å². The first kappa shape index (κ1) is 22.3. The molecule has 0 saturated carbocycles. The number of benzene rings is 3. The van der Waals surface area contributed by atoms with E-state index in [0.29, 0.717) is 5.69 Å². The van der Waals surface area contributed by atoms with Crippen molar-refractivity contribution in [2.75, 3.05) is 11.5 Å². The third kappa shape index (κ3) is 4.01. The van der Waals surface area contributed by atoms with Gasteiger partial charge in [-0.3, -0.25) is 0 Å². The number of carboxylic acid groups (broad SMARTS) is 1. The number of nitrogens with zero attached hydrogens (tertiary/aromatic N) is 5. The number of para-hydroxylation sites is 1. The van der Waals surface area contributed by atoms with Gasteiger partial charge in [0.15, 0.2) is 0 Å². The topological polar surface area (TPSA) is 110 Å². The molecular formula is C26H23N5O4. The SMILES string of the molecule is CCC(C(=O)O)N(C(=O)OCC1c2ccccc2-c2ccccc21)c1nnnn1-c1ccccc1. The summed E-state index contributed by atoms with van der Waals surface area (Å²) in [6.45, 7) is 1.73. The number of carboxylic acids is 1. The molecule has 1 amide bonds. The van der Waals surface area contributed by atoms with Gasteiger partial charge in [-0.1, -0.05) is 78.8 Å². The molecule has 9 nitrogen and oxygen atoms in total. The predicted octanol–water partition coefficient (Wildman–Crippen LogP) is 4.28. The summed E-state index contributed by atoms with van der Waals surface area (Å²) in [5.74, 6) is -1.37. The number of amides is 1. The van der Waals surface area contributed by atoms with E-state index in [0.717, 1.165) is 27.2 Å². The molecule has 4 aromatic rings. The zero-order valence-corrected chi connectivity index (χ0v) is 19.0. The number of fused-ring (bicyclic) bond motifs is 3. The predicted molar refractivity (Wildman–Crippen MR) is 128 cm³/mol. The van der Waals surface area contributed by atoms with Crippen molar-refractivity contribution in [1.82, 2.24) is 20.2 Å². The van der Waals surface area contributed by atoms with Crippen LogP contribution in [0.25, 0.3) is 16.8 Å². The average molecular weight is 470 g/mol. The maximum atomic E-state index is 13.4. The van der Waals surface area contributed by atoms with Gasteiger partial charge in [-0.25, -0.2) is 14.5 Å². The third-order valence-electron chi connectivity index (χ3n) is 6.19. The van der Waals surface area contributed by atoms with E-state index in [-0.39, 0.29) is 24.9 Å². The van der Waals surface area contributed by atoms with E-state index in [2.05, 4.69) is 15.5 Å². The molecule has 0 saturated heterocycles. The number of ether oxygens (including phenoxy) is 1. The normalized spacial score (nSPS) is 13.1. The summed E-state index contributed by atoms with van der Waals surface area (Å²) < 4.78 is 7.09. The molecule has 0 fully saturated rings. The smallest absolute Gasteiger partial charge is 0.417 e. The number of aromatic nitrogens is 4. The van der Waals surface area contributed by atoms with Gasteiger partial charge in [-0.05, 0) is 51.2 Å². The minimum Gasteiger partial charge on any atom is -0.480 e. The minimum absolute atomic E-state index is 0.0253. The highest BCUT2D eigenvalue weighted by Crippen LogP contribution is 2.44. The number of hydrogen-bond donors (Lipinski definition) is 1. The lowest BCUT2D eigenvalue weighted by Crippen LogP contribution is -2.47. The molecule has 0 aliphatic heterocycles. The molecule has 9 heteroatoms. The van der Waals surface area contributed by atoms with Crippen molar-refractivity contribution in [2.45, 2.75) is 25.3 Å². The van der Waals surface area contributed by atoms with Crippen molar-refractivity contribution in [3.63, 3.8) is 0 Å². The Hall–Kier alpha value is -4.53. The Morgan fingerprint density at radius 1 is 0.971 bits per heavy atom. The molecule has 35 heavy (non-hydrogen) atoms. The van der Waals surface area contributed by atoms with E-state index in [1.165, 1.54) is 4.68 Å². The molecule has 1 atom stereocenters. The largest absolute Gasteiger partial charge is 0.480 e. The van der Waals surface area contributed by atoms with Crippen molar-refractivity contribution in [3.05, 3.63) is 90.0 Å². The van der Waals surface area contributed by atoms with Crippen LogP contribution in [0.1, 0.15) is 30.4 Å². The fraction of sp³-hybridized carbons (Fsp3) is 0.192. The van der Waals surface area contributed by atoms with Gasteiger partial charge >= 0.3 is 12.1 Å². The van der Waals surface area contributed by atoms with Crippen LogP contribution in [0, 0.1) is 0 Å². The molecule has 1 aliphatic rings. The van der Waals surface area contributed by atoms with E-state index in [1.54, 1.807) is 31.2 Å². The highest BCUT2D eigenvalue weighted by Gasteiger charge is 2.37. The van der Waals surface area contributed by atoms with Gasteiger partial charge in [0.1, 0.15) is 12.6 Å². The van der Waals surface area contributed by atoms with E-state index in [9.17, 15) is 14.7 Å². The number of rotatable bonds is 7. The van der Waals surface area contributed by atoms with Crippen LogP contribution in [0.4, 0.5) is 10.7 Å². The summed E-state index contributed by atoms with van der Waals surface area (Å²) in [6.07, 6.45) is -0.686. The van der Waals surface area contributed by atoms with Crippen LogP contribution < -0.4 is 4.90 Å². The van der Waals surface area contributed by atoms with Crippen molar-refractivity contribution >= 4 is 18.0 Å². The van der Waals surface area contributed by atoms with Crippen LogP contribution in [0.15, 0.2) is 78.9 Å². The molecule has 0 radical (unpaired) electrons. The highest BCUT2D eigenvalue weighted by molar-refractivity contribution is 5.94. The first-order valence-corrected chi connectivity index (χ1v) is 11.3. The monoisotopic (exact) mass is 469 g/mol. The lowest BCUT2D eigenvalue weighted by atomic mass is 9.98. The lowest BCUT2D eigenvalue weighted by molar-refractivity contribution is -0.138. The number of aliphatic carboxylic acids is 1. The standard InChI is InChI=1S/C26H23N5O4/c1-2-23(24(32)33)30(25-27-28-29-31(25)17-10-4-3-5-11-17)26(34)35-16-22-20-14-8-6-12-18(20)19-13-7-9-15-21(19)22/h3-15,22-23H,2,16H2,1H3,(H,32,33). The van der Waals surface area contributed by atoms with Gasteiger partial charge in [0.2, 0.25) is 0 Å².